The monoisotopic (exact) mass is 262 g/mol. The highest BCUT2D eigenvalue weighted by atomic mass is 19.1. The molecule has 100 valence electrons. The van der Waals surface area contributed by atoms with Crippen molar-refractivity contribution in [2.24, 2.45) is 7.05 Å². The molecule has 0 atom stereocenters. The van der Waals surface area contributed by atoms with Gasteiger partial charge in [-0.25, -0.2) is 4.39 Å². The van der Waals surface area contributed by atoms with Crippen molar-refractivity contribution in [2.45, 2.75) is 6.42 Å². The van der Waals surface area contributed by atoms with E-state index < -0.39 is 5.82 Å². The third-order valence-corrected chi connectivity index (χ3v) is 2.76. The number of nitrogens with two attached hydrogens (primary N) is 1. The van der Waals surface area contributed by atoms with Crippen molar-refractivity contribution in [2.75, 3.05) is 12.3 Å². The molecule has 0 aliphatic carbocycles. The minimum atomic E-state index is -0.583. The number of rotatable bonds is 4. The average Bonchev–Trinajstić information content (AvgIpc) is 2.78. The lowest BCUT2D eigenvalue weighted by Gasteiger charge is -2.07. The summed E-state index contributed by atoms with van der Waals surface area (Å²) < 4.78 is 14.9. The minimum Gasteiger partial charge on any atom is -0.396 e. The quantitative estimate of drug-likeness (QED) is 0.811. The van der Waals surface area contributed by atoms with Crippen LogP contribution in [-0.2, 0) is 13.5 Å². The number of nitrogen functional groups attached to an aromatic ring is 1. The maximum absolute atomic E-state index is 13.2. The number of aryl methyl sites for hydroxylation is 1. The van der Waals surface area contributed by atoms with Crippen LogP contribution in [-0.4, -0.2) is 22.2 Å². The molecule has 0 radical (unpaired) electrons. The van der Waals surface area contributed by atoms with E-state index in [1.165, 1.54) is 18.2 Å². The number of aromatic nitrogens is 2. The van der Waals surface area contributed by atoms with E-state index in [0.717, 1.165) is 5.56 Å². The predicted molar refractivity (Wildman–Crippen MR) is 70.1 cm³/mol. The Bertz CT molecular complexity index is 594. The van der Waals surface area contributed by atoms with Crippen LogP contribution in [0, 0.1) is 5.82 Å². The molecule has 1 amide bonds. The molecule has 2 aromatic rings. The van der Waals surface area contributed by atoms with Crippen molar-refractivity contribution < 1.29 is 9.18 Å². The lowest BCUT2D eigenvalue weighted by Crippen LogP contribution is -2.26. The number of amides is 1. The zero-order valence-corrected chi connectivity index (χ0v) is 10.6. The maximum Gasteiger partial charge on any atom is 0.253 e. The Morgan fingerprint density at radius 3 is 3.00 bits per heavy atom. The molecule has 0 spiro atoms. The number of benzene rings is 1. The Labute approximate surface area is 110 Å². The molecule has 1 aromatic heterocycles. The highest BCUT2D eigenvalue weighted by Gasteiger charge is 2.11. The molecule has 0 saturated heterocycles. The average molecular weight is 262 g/mol. The van der Waals surface area contributed by atoms with E-state index >= 15 is 0 Å². The van der Waals surface area contributed by atoms with Crippen LogP contribution in [0.1, 0.15) is 15.9 Å². The highest BCUT2D eigenvalue weighted by molar-refractivity contribution is 5.99. The SMILES string of the molecule is Cn1cc(CCNC(=O)c2cccc(F)c2N)cn1. The summed E-state index contributed by atoms with van der Waals surface area (Å²) in [5, 5.41) is 6.73. The molecule has 0 saturated carbocycles. The number of hydrogen-bond donors (Lipinski definition) is 2. The van der Waals surface area contributed by atoms with Gasteiger partial charge in [0, 0.05) is 19.8 Å². The smallest absolute Gasteiger partial charge is 0.253 e. The Kier molecular flexibility index (Phi) is 3.79. The van der Waals surface area contributed by atoms with Crippen molar-refractivity contribution in [3.8, 4) is 0 Å². The molecule has 0 fully saturated rings. The number of halogens is 1. The summed E-state index contributed by atoms with van der Waals surface area (Å²) >= 11 is 0. The predicted octanol–water partition coefficient (Wildman–Crippen LogP) is 1.11. The van der Waals surface area contributed by atoms with Crippen LogP contribution in [0.15, 0.2) is 30.6 Å². The van der Waals surface area contributed by atoms with Gasteiger partial charge in [-0.15, -0.1) is 0 Å². The van der Waals surface area contributed by atoms with Gasteiger partial charge in [-0.2, -0.15) is 5.10 Å². The molecule has 5 nitrogen and oxygen atoms in total. The lowest BCUT2D eigenvalue weighted by atomic mass is 10.1. The molecule has 1 heterocycles. The van der Waals surface area contributed by atoms with Crippen LogP contribution in [0.2, 0.25) is 0 Å². The summed E-state index contributed by atoms with van der Waals surface area (Å²) in [6.45, 7) is 0.445. The van der Waals surface area contributed by atoms with Crippen molar-refractivity contribution in [3.63, 3.8) is 0 Å². The molecule has 0 unspecified atom stereocenters. The molecule has 3 N–H and O–H groups in total. The molecule has 19 heavy (non-hydrogen) atoms. The van der Waals surface area contributed by atoms with E-state index in [1.54, 1.807) is 10.9 Å². The Hall–Kier alpha value is -2.37. The zero-order valence-electron chi connectivity index (χ0n) is 10.6. The van der Waals surface area contributed by atoms with Crippen LogP contribution in [0.3, 0.4) is 0 Å². The van der Waals surface area contributed by atoms with Crippen LogP contribution in [0.4, 0.5) is 10.1 Å². The molecular weight excluding hydrogens is 247 g/mol. The first kappa shape index (κ1) is 13.1. The van der Waals surface area contributed by atoms with Crippen molar-refractivity contribution in [3.05, 3.63) is 47.5 Å². The van der Waals surface area contributed by atoms with Gasteiger partial charge >= 0.3 is 0 Å². The minimum absolute atomic E-state index is 0.124. The van der Waals surface area contributed by atoms with Gasteiger partial charge in [-0.3, -0.25) is 9.48 Å². The van der Waals surface area contributed by atoms with Crippen molar-refractivity contribution in [1.82, 2.24) is 15.1 Å². The third-order valence-electron chi connectivity index (χ3n) is 2.76. The van der Waals surface area contributed by atoms with Gasteiger partial charge in [0.2, 0.25) is 0 Å². The first-order valence-corrected chi connectivity index (χ1v) is 5.87. The van der Waals surface area contributed by atoms with E-state index in [0.29, 0.717) is 13.0 Å². The third kappa shape index (κ3) is 3.09. The second-order valence-electron chi connectivity index (χ2n) is 4.23. The first-order valence-electron chi connectivity index (χ1n) is 5.87. The zero-order chi connectivity index (χ0) is 13.8. The van der Waals surface area contributed by atoms with E-state index in [-0.39, 0.29) is 17.2 Å². The fraction of sp³-hybridized carbons (Fsp3) is 0.231. The Morgan fingerprint density at radius 1 is 1.53 bits per heavy atom. The summed E-state index contributed by atoms with van der Waals surface area (Å²) in [6, 6.07) is 4.18. The van der Waals surface area contributed by atoms with Crippen molar-refractivity contribution >= 4 is 11.6 Å². The van der Waals surface area contributed by atoms with E-state index in [2.05, 4.69) is 10.4 Å². The Morgan fingerprint density at radius 2 is 2.32 bits per heavy atom. The fourth-order valence-electron chi connectivity index (χ4n) is 1.75. The van der Waals surface area contributed by atoms with Gasteiger partial charge in [-0.1, -0.05) is 6.07 Å². The van der Waals surface area contributed by atoms with Gasteiger partial charge in [0.25, 0.3) is 5.91 Å². The lowest BCUT2D eigenvalue weighted by molar-refractivity contribution is 0.0954. The first-order chi connectivity index (χ1) is 9.08. The standard InChI is InChI=1S/C13H15FN4O/c1-18-8-9(7-17-18)5-6-16-13(19)10-3-2-4-11(14)12(10)15/h2-4,7-8H,5-6,15H2,1H3,(H,16,19). The summed E-state index contributed by atoms with van der Waals surface area (Å²) in [6.07, 6.45) is 4.28. The van der Waals surface area contributed by atoms with Crippen LogP contribution in [0.5, 0.6) is 0 Å². The number of hydrogen-bond acceptors (Lipinski definition) is 3. The van der Waals surface area contributed by atoms with Crippen LogP contribution >= 0.6 is 0 Å². The largest absolute Gasteiger partial charge is 0.396 e. The number of anilines is 1. The fourth-order valence-corrected chi connectivity index (χ4v) is 1.75. The summed E-state index contributed by atoms with van der Waals surface area (Å²) in [7, 11) is 1.83. The van der Waals surface area contributed by atoms with Crippen molar-refractivity contribution in [1.29, 1.82) is 0 Å². The molecule has 0 bridgehead atoms. The van der Waals surface area contributed by atoms with E-state index in [1.807, 2.05) is 13.2 Å². The van der Waals surface area contributed by atoms with Crippen LogP contribution < -0.4 is 11.1 Å². The number of nitrogens with one attached hydrogen (secondary N) is 1. The second kappa shape index (κ2) is 5.51. The molecule has 2 rings (SSSR count). The number of nitrogens with zero attached hydrogens (tertiary/aromatic N) is 2. The van der Waals surface area contributed by atoms with E-state index in [9.17, 15) is 9.18 Å². The molecule has 0 aliphatic rings. The van der Waals surface area contributed by atoms with E-state index in [4.69, 9.17) is 5.73 Å². The topological polar surface area (TPSA) is 72.9 Å². The Balaban J connectivity index is 1.93. The molecule has 0 aliphatic heterocycles. The van der Waals surface area contributed by atoms with Gasteiger partial charge in [0.1, 0.15) is 5.82 Å². The molecule has 6 heteroatoms. The summed E-state index contributed by atoms with van der Waals surface area (Å²) in [4.78, 5) is 11.8. The normalized spacial score (nSPS) is 10.4. The number of carbonyl (C=O) groups is 1. The highest BCUT2D eigenvalue weighted by Crippen LogP contribution is 2.15. The second-order valence-corrected chi connectivity index (χ2v) is 4.23. The summed E-state index contributed by atoms with van der Waals surface area (Å²) in [5.74, 6) is -0.958. The number of para-hydroxylation sites is 1. The van der Waals surface area contributed by atoms with Gasteiger partial charge in [0.05, 0.1) is 17.4 Å². The van der Waals surface area contributed by atoms with Gasteiger partial charge in [0.15, 0.2) is 0 Å². The molecular formula is C13H15FN4O. The van der Waals surface area contributed by atoms with Gasteiger partial charge in [-0.05, 0) is 24.1 Å². The summed E-state index contributed by atoms with van der Waals surface area (Å²) in [5.41, 5.74) is 6.58. The number of carbonyl (C=O) groups excluding carboxylic acids is 1. The van der Waals surface area contributed by atoms with Crippen LogP contribution in [0.25, 0.3) is 0 Å². The van der Waals surface area contributed by atoms with Gasteiger partial charge < -0.3 is 11.1 Å². The maximum atomic E-state index is 13.2. The molecule has 1 aromatic carbocycles.